The first-order valence-corrected chi connectivity index (χ1v) is 10.6. The van der Waals surface area contributed by atoms with Crippen molar-refractivity contribution in [2.45, 2.75) is 13.8 Å². The van der Waals surface area contributed by atoms with Crippen LogP contribution in [0.15, 0.2) is 42.5 Å². The number of hydrogen-bond acceptors (Lipinski definition) is 6. The molecule has 0 bridgehead atoms. The molecule has 1 aromatic heterocycles. The van der Waals surface area contributed by atoms with Crippen LogP contribution in [0, 0.1) is 0 Å². The van der Waals surface area contributed by atoms with Gasteiger partial charge in [0, 0.05) is 18.7 Å². The van der Waals surface area contributed by atoms with E-state index in [0.717, 1.165) is 28.3 Å². The number of carbonyl (C=O) groups excluding carboxylic acids is 1. The molecule has 1 heterocycles. The summed E-state index contributed by atoms with van der Waals surface area (Å²) in [6.07, 6.45) is 0. The summed E-state index contributed by atoms with van der Waals surface area (Å²) in [5.41, 5.74) is 1.40. The third kappa shape index (κ3) is 5.05. The molecule has 0 spiro atoms. The average molecular weight is 414 g/mol. The number of carbonyl (C=O) groups is 1. The molecule has 7 heteroatoms. The highest BCUT2D eigenvalue weighted by atomic mass is 32.1. The monoisotopic (exact) mass is 413 g/mol. The fourth-order valence-electron chi connectivity index (χ4n) is 2.90. The summed E-state index contributed by atoms with van der Waals surface area (Å²) in [5, 5.41) is 0.674. The number of amides is 1. The lowest BCUT2D eigenvalue weighted by Gasteiger charge is -2.22. The number of aromatic nitrogens is 1. The molecule has 0 saturated heterocycles. The van der Waals surface area contributed by atoms with Gasteiger partial charge in [0.1, 0.15) is 17.0 Å². The number of likely N-dealkylation sites (N-methyl/N-ethyl adjacent to an activating group) is 1. The van der Waals surface area contributed by atoms with E-state index < -0.39 is 0 Å². The lowest BCUT2D eigenvalue weighted by Crippen LogP contribution is -2.36. The minimum atomic E-state index is -0.0769. The van der Waals surface area contributed by atoms with Gasteiger partial charge in [0.2, 0.25) is 0 Å². The number of hydrogen-bond donors (Lipinski definition) is 0. The van der Waals surface area contributed by atoms with Gasteiger partial charge in [0.25, 0.3) is 5.91 Å². The molecule has 0 N–H and O–H groups in total. The molecule has 154 valence electrons. The predicted molar refractivity (Wildman–Crippen MR) is 119 cm³/mol. The molecule has 2 aromatic carbocycles. The first kappa shape index (κ1) is 21.1. The van der Waals surface area contributed by atoms with Crippen LogP contribution in [-0.4, -0.2) is 56.2 Å². The third-order valence-corrected chi connectivity index (χ3v) is 5.37. The van der Waals surface area contributed by atoms with Crippen molar-refractivity contribution in [3.8, 4) is 11.5 Å². The van der Waals surface area contributed by atoms with Crippen molar-refractivity contribution in [3.05, 3.63) is 48.0 Å². The van der Waals surface area contributed by atoms with Crippen LogP contribution in [0.5, 0.6) is 11.5 Å². The molecular weight excluding hydrogens is 386 g/mol. The Morgan fingerprint density at radius 3 is 2.38 bits per heavy atom. The quantitative estimate of drug-likeness (QED) is 0.523. The van der Waals surface area contributed by atoms with Crippen LogP contribution in [0.2, 0.25) is 0 Å². The van der Waals surface area contributed by atoms with Crippen molar-refractivity contribution in [2.24, 2.45) is 0 Å². The molecule has 0 atom stereocenters. The summed E-state index contributed by atoms with van der Waals surface area (Å²) in [5.74, 6) is 1.42. The number of rotatable bonds is 9. The summed E-state index contributed by atoms with van der Waals surface area (Å²) in [6, 6.07) is 13.1. The molecule has 6 nitrogen and oxygen atoms in total. The number of ether oxygens (including phenoxy) is 2. The number of anilines is 1. The first-order chi connectivity index (χ1) is 14.0. The van der Waals surface area contributed by atoms with Gasteiger partial charge in [0.15, 0.2) is 5.13 Å². The van der Waals surface area contributed by atoms with Crippen molar-refractivity contribution in [1.82, 2.24) is 9.88 Å². The Bertz CT molecular complexity index is 954. The van der Waals surface area contributed by atoms with Gasteiger partial charge in [-0.1, -0.05) is 17.4 Å². The Morgan fingerprint density at radius 2 is 1.72 bits per heavy atom. The molecule has 3 aromatic rings. The smallest absolute Gasteiger partial charge is 0.260 e. The highest BCUT2D eigenvalue weighted by Gasteiger charge is 2.22. The van der Waals surface area contributed by atoms with Crippen LogP contribution in [0.1, 0.15) is 24.2 Å². The molecule has 0 saturated carbocycles. The zero-order chi connectivity index (χ0) is 20.8. The first-order valence-electron chi connectivity index (χ1n) is 9.75. The fourth-order valence-corrected chi connectivity index (χ4v) is 3.91. The Kier molecular flexibility index (Phi) is 7.06. The maximum Gasteiger partial charge on any atom is 0.260 e. The van der Waals surface area contributed by atoms with Gasteiger partial charge < -0.3 is 14.4 Å². The maximum absolute atomic E-state index is 13.3. The standard InChI is InChI=1S/C22H27N3O3S/c1-5-27-17-12-10-16(11-13-17)21(26)25(15-14-24(3)4)22-23-20-18(28-6-2)8-7-9-19(20)29-22/h7-13H,5-6,14-15H2,1-4H3. The molecule has 0 radical (unpaired) electrons. The van der Waals surface area contributed by atoms with E-state index in [1.807, 2.05) is 58.3 Å². The molecule has 3 rings (SSSR count). The van der Waals surface area contributed by atoms with E-state index in [2.05, 4.69) is 4.90 Å². The summed E-state index contributed by atoms with van der Waals surface area (Å²) < 4.78 is 12.2. The molecule has 0 fully saturated rings. The van der Waals surface area contributed by atoms with Crippen molar-refractivity contribution in [2.75, 3.05) is 45.3 Å². The Morgan fingerprint density at radius 1 is 1.00 bits per heavy atom. The number of fused-ring (bicyclic) bond motifs is 1. The minimum absolute atomic E-state index is 0.0769. The van der Waals surface area contributed by atoms with Gasteiger partial charge in [0.05, 0.1) is 17.9 Å². The largest absolute Gasteiger partial charge is 0.494 e. The maximum atomic E-state index is 13.3. The van der Waals surface area contributed by atoms with Crippen LogP contribution < -0.4 is 14.4 Å². The average Bonchev–Trinajstić information content (AvgIpc) is 3.14. The molecule has 29 heavy (non-hydrogen) atoms. The van der Waals surface area contributed by atoms with E-state index in [0.29, 0.717) is 30.5 Å². The van der Waals surface area contributed by atoms with Crippen LogP contribution in [0.4, 0.5) is 5.13 Å². The zero-order valence-electron chi connectivity index (χ0n) is 17.3. The summed E-state index contributed by atoms with van der Waals surface area (Å²) in [6.45, 7) is 6.33. The minimum Gasteiger partial charge on any atom is -0.494 e. The van der Waals surface area contributed by atoms with Crippen LogP contribution in [0.3, 0.4) is 0 Å². The SMILES string of the molecule is CCOc1ccc(C(=O)N(CCN(C)C)c2nc3c(OCC)cccc3s2)cc1. The van der Waals surface area contributed by atoms with Crippen LogP contribution >= 0.6 is 11.3 Å². The molecular formula is C22H27N3O3S. The van der Waals surface area contributed by atoms with Gasteiger partial charge in [-0.15, -0.1) is 0 Å². The Labute approximate surface area is 175 Å². The highest BCUT2D eigenvalue weighted by molar-refractivity contribution is 7.22. The zero-order valence-corrected chi connectivity index (χ0v) is 18.2. The summed E-state index contributed by atoms with van der Waals surface area (Å²) in [4.78, 5) is 21.9. The molecule has 0 aliphatic rings. The highest BCUT2D eigenvalue weighted by Crippen LogP contribution is 2.34. The van der Waals surface area contributed by atoms with Gasteiger partial charge in [-0.05, 0) is 64.3 Å². The number of benzene rings is 2. The summed E-state index contributed by atoms with van der Waals surface area (Å²) >= 11 is 1.50. The van der Waals surface area contributed by atoms with Gasteiger partial charge in [-0.3, -0.25) is 9.69 Å². The van der Waals surface area contributed by atoms with E-state index in [1.54, 1.807) is 17.0 Å². The number of para-hydroxylation sites is 1. The number of nitrogens with zero attached hydrogens (tertiary/aromatic N) is 3. The second kappa shape index (κ2) is 9.71. The van der Waals surface area contributed by atoms with Crippen LogP contribution in [-0.2, 0) is 0 Å². The predicted octanol–water partition coefficient (Wildman–Crippen LogP) is 4.30. The lowest BCUT2D eigenvalue weighted by molar-refractivity contribution is 0.0985. The molecule has 0 unspecified atom stereocenters. The van der Waals surface area contributed by atoms with Gasteiger partial charge in [-0.2, -0.15) is 0 Å². The third-order valence-electron chi connectivity index (χ3n) is 4.33. The lowest BCUT2D eigenvalue weighted by atomic mass is 10.2. The van der Waals surface area contributed by atoms with Gasteiger partial charge >= 0.3 is 0 Å². The van der Waals surface area contributed by atoms with E-state index in [-0.39, 0.29) is 5.91 Å². The molecule has 0 aliphatic heterocycles. The van der Waals surface area contributed by atoms with E-state index in [9.17, 15) is 4.79 Å². The van der Waals surface area contributed by atoms with Gasteiger partial charge in [-0.25, -0.2) is 4.98 Å². The number of thiazole rings is 1. The van der Waals surface area contributed by atoms with Crippen molar-refractivity contribution < 1.29 is 14.3 Å². The molecule has 1 amide bonds. The van der Waals surface area contributed by atoms with E-state index in [4.69, 9.17) is 14.5 Å². The van der Waals surface area contributed by atoms with Crippen molar-refractivity contribution in [3.63, 3.8) is 0 Å². The second-order valence-electron chi connectivity index (χ2n) is 6.75. The Balaban J connectivity index is 1.95. The van der Waals surface area contributed by atoms with Crippen LogP contribution in [0.25, 0.3) is 10.2 Å². The topological polar surface area (TPSA) is 54.9 Å². The van der Waals surface area contributed by atoms with Crippen molar-refractivity contribution in [1.29, 1.82) is 0 Å². The fraction of sp³-hybridized carbons (Fsp3) is 0.364. The Hall–Kier alpha value is -2.64. The van der Waals surface area contributed by atoms with Crippen molar-refractivity contribution >= 4 is 32.6 Å². The van der Waals surface area contributed by atoms with E-state index >= 15 is 0 Å². The van der Waals surface area contributed by atoms with E-state index in [1.165, 1.54) is 11.3 Å². The second-order valence-corrected chi connectivity index (χ2v) is 7.76. The normalized spacial score (nSPS) is 11.1. The molecule has 0 aliphatic carbocycles. The summed E-state index contributed by atoms with van der Waals surface area (Å²) in [7, 11) is 3.98.